The number of carbonyl (C=O) groups excluding carboxylic acids is 1. The van der Waals surface area contributed by atoms with E-state index in [4.69, 9.17) is 4.74 Å². The van der Waals surface area contributed by atoms with Gasteiger partial charge in [0.05, 0.1) is 5.75 Å². The third kappa shape index (κ3) is 5.02. The molecule has 0 spiro atoms. The van der Waals surface area contributed by atoms with E-state index in [1.54, 1.807) is 0 Å². The first-order valence-electron chi connectivity index (χ1n) is 10.2. The smallest absolute Gasteiger partial charge is 0.230 e. The molecule has 30 heavy (non-hydrogen) atoms. The van der Waals surface area contributed by atoms with Gasteiger partial charge in [-0.15, -0.1) is 10.2 Å². The molecule has 4 rings (SSSR count). The van der Waals surface area contributed by atoms with Crippen molar-refractivity contribution in [3.63, 3.8) is 0 Å². The van der Waals surface area contributed by atoms with Gasteiger partial charge in [0.15, 0.2) is 11.0 Å². The number of thioether (sulfide) groups is 1. The number of ether oxygens (including phenoxy) is 1. The maximum atomic E-state index is 12.3. The number of hydrogen-bond donors (Lipinski definition) is 1. The minimum absolute atomic E-state index is 0.0275. The highest BCUT2D eigenvalue weighted by Gasteiger charge is 2.29. The van der Waals surface area contributed by atoms with Crippen LogP contribution in [0.15, 0.2) is 59.8 Å². The zero-order chi connectivity index (χ0) is 20.9. The molecule has 0 radical (unpaired) electrons. The molecule has 0 bridgehead atoms. The Labute approximate surface area is 181 Å². The van der Waals surface area contributed by atoms with Gasteiger partial charge < -0.3 is 10.1 Å². The Bertz CT molecular complexity index is 1000. The van der Waals surface area contributed by atoms with Gasteiger partial charge in [0, 0.05) is 11.7 Å². The van der Waals surface area contributed by atoms with Crippen LogP contribution in [0.5, 0.6) is 5.75 Å². The Morgan fingerprint density at radius 3 is 2.63 bits per heavy atom. The third-order valence-corrected chi connectivity index (χ3v) is 6.14. The van der Waals surface area contributed by atoms with Crippen LogP contribution in [-0.4, -0.2) is 32.5 Å². The van der Waals surface area contributed by atoms with Crippen LogP contribution in [0.2, 0.25) is 0 Å². The molecule has 0 saturated heterocycles. The molecule has 7 heteroatoms. The van der Waals surface area contributed by atoms with Crippen molar-refractivity contribution in [1.82, 2.24) is 20.1 Å². The van der Waals surface area contributed by atoms with Crippen molar-refractivity contribution in [2.45, 2.75) is 44.5 Å². The molecule has 1 heterocycles. The van der Waals surface area contributed by atoms with E-state index in [9.17, 15) is 4.79 Å². The van der Waals surface area contributed by atoms with Crippen molar-refractivity contribution in [3.05, 3.63) is 66.0 Å². The molecule has 1 N–H and O–H groups in total. The summed E-state index contributed by atoms with van der Waals surface area (Å²) in [6, 6.07) is 18.0. The molecule has 1 saturated carbocycles. The van der Waals surface area contributed by atoms with Crippen molar-refractivity contribution < 1.29 is 9.53 Å². The van der Waals surface area contributed by atoms with E-state index in [1.165, 1.54) is 24.6 Å². The van der Waals surface area contributed by atoms with Gasteiger partial charge in [-0.3, -0.25) is 9.36 Å². The summed E-state index contributed by atoms with van der Waals surface area (Å²) in [5.74, 6) is 2.49. The average Bonchev–Trinajstić information content (AvgIpc) is 3.53. The van der Waals surface area contributed by atoms with Gasteiger partial charge in [-0.25, -0.2) is 0 Å². The molecular formula is C23H26N4O2S. The largest absolute Gasteiger partial charge is 0.485 e. The lowest BCUT2D eigenvalue weighted by molar-refractivity contribution is -0.119. The van der Waals surface area contributed by atoms with Crippen LogP contribution in [0.1, 0.15) is 31.2 Å². The second-order valence-corrected chi connectivity index (χ2v) is 8.55. The molecule has 6 nitrogen and oxygen atoms in total. The number of nitrogens with zero attached hydrogens (tertiary/aromatic N) is 3. The monoisotopic (exact) mass is 422 g/mol. The van der Waals surface area contributed by atoms with E-state index < -0.39 is 0 Å². The van der Waals surface area contributed by atoms with Crippen LogP contribution in [0.25, 0.3) is 5.69 Å². The Hall–Kier alpha value is -2.80. The van der Waals surface area contributed by atoms with Gasteiger partial charge in [0.25, 0.3) is 0 Å². The number of rotatable bonds is 9. The predicted molar refractivity (Wildman–Crippen MR) is 118 cm³/mol. The predicted octanol–water partition coefficient (Wildman–Crippen LogP) is 4.16. The highest BCUT2D eigenvalue weighted by molar-refractivity contribution is 7.99. The first kappa shape index (κ1) is 20.5. The fourth-order valence-corrected chi connectivity index (χ4v) is 4.11. The fourth-order valence-electron chi connectivity index (χ4n) is 3.32. The zero-order valence-corrected chi connectivity index (χ0v) is 18.1. The van der Waals surface area contributed by atoms with Gasteiger partial charge in [0.2, 0.25) is 5.91 Å². The van der Waals surface area contributed by atoms with Gasteiger partial charge in [-0.1, -0.05) is 48.2 Å². The third-order valence-electron chi connectivity index (χ3n) is 5.22. The van der Waals surface area contributed by atoms with E-state index in [0.29, 0.717) is 22.7 Å². The number of benzene rings is 2. The van der Waals surface area contributed by atoms with Crippen LogP contribution < -0.4 is 10.1 Å². The lowest BCUT2D eigenvalue weighted by Crippen LogP contribution is -2.35. The number of amides is 1. The molecule has 0 unspecified atom stereocenters. The van der Waals surface area contributed by atoms with Crippen molar-refractivity contribution in [2.24, 2.45) is 5.92 Å². The average molecular weight is 423 g/mol. The zero-order valence-electron chi connectivity index (χ0n) is 17.2. The normalized spacial score (nSPS) is 14.3. The quantitative estimate of drug-likeness (QED) is 0.525. The summed E-state index contributed by atoms with van der Waals surface area (Å²) in [6.45, 7) is 4.38. The number of para-hydroxylation sites is 2. The highest BCUT2D eigenvalue weighted by atomic mass is 32.2. The standard InChI is InChI=1S/C23H26N4O2S/c1-16-8-6-7-11-20(16)29-14-21-25-26-23(27(21)19-9-4-3-5-10-19)30-15-22(28)24-17(2)18-12-13-18/h3-11,17-18H,12-15H2,1-2H3,(H,24,28)/t17-/m1/s1. The van der Waals surface area contributed by atoms with Crippen LogP contribution in [-0.2, 0) is 11.4 Å². The van der Waals surface area contributed by atoms with Crippen molar-refractivity contribution in [1.29, 1.82) is 0 Å². The summed E-state index contributed by atoms with van der Waals surface area (Å²) in [7, 11) is 0. The second kappa shape index (κ2) is 9.34. The van der Waals surface area contributed by atoms with E-state index >= 15 is 0 Å². The molecular weight excluding hydrogens is 396 g/mol. The minimum atomic E-state index is 0.0275. The summed E-state index contributed by atoms with van der Waals surface area (Å²) in [5.41, 5.74) is 2.01. The maximum Gasteiger partial charge on any atom is 0.230 e. The topological polar surface area (TPSA) is 69.0 Å². The Morgan fingerprint density at radius 2 is 1.90 bits per heavy atom. The lowest BCUT2D eigenvalue weighted by atomic mass is 10.2. The molecule has 1 aromatic heterocycles. The van der Waals surface area contributed by atoms with Crippen molar-refractivity contribution in [3.8, 4) is 11.4 Å². The number of nitrogens with one attached hydrogen (secondary N) is 1. The Balaban J connectivity index is 1.49. The summed E-state index contributed by atoms with van der Waals surface area (Å²) in [4.78, 5) is 12.3. The molecule has 1 atom stereocenters. The van der Waals surface area contributed by atoms with Gasteiger partial charge in [-0.05, 0) is 56.4 Å². The summed E-state index contributed by atoms with van der Waals surface area (Å²) in [6.07, 6.45) is 2.42. The van der Waals surface area contributed by atoms with Crippen LogP contribution in [0.3, 0.4) is 0 Å². The fraction of sp³-hybridized carbons (Fsp3) is 0.348. The minimum Gasteiger partial charge on any atom is -0.485 e. The Morgan fingerprint density at radius 1 is 1.17 bits per heavy atom. The highest BCUT2D eigenvalue weighted by Crippen LogP contribution is 2.32. The van der Waals surface area contributed by atoms with E-state index in [-0.39, 0.29) is 18.6 Å². The lowest BCUT2D eigenvalue weighted by Gasteiger charge is -2.13. The van der Waals surface area contributed by atoms with Gasteiger partial charge >= 0.3 is 0 Å². The summed E-state index contributed by atoms with van der Waals surface area (Å²) in [5, 5.41) is 12.5. The molecule has 0 aliphatic heterocycles. The number of carbonyl (C=O) groups is 1. The molecule has 2 aromatic carbocycles. The van der Waals surface area contributed by atoms with Gasteiger partial charge in [0.1, 0.15) is 12.4 Å². The first-order chi connectivity index (χ1) is 14.6. The van der Waals surface area contributed by atoms with Crippen LogP contribution >= 0.6 is 11.8 Å². The summed E-state index contributed by atoms with van der Waals surface area (Å²) < 4.78 is 7.96. The van der Waals surface area contributed by atoms with Crippen molar-refractivity contribution >= 4 is 17.7 Å². The molecule has 1 aliphatic carbocycles. The molecule has 3 aromatic rings. The second-order valence-electron chi connectivity index (χ2n) is 7.61. The SMILES string of the molecule is Cc1ccccc1OCc1nnc(SCC(=O)N[C@H](C)C2CC2)n1-c1ccccc1. The first-order valence-corrected chi connectivity index (χ1v) is 11.2. The van der Waals surface area contributed by atoms with Crippen LogP contribution in [0.4, 0.5) is 0 Å². The number of hydrogen-bond acceptors (Lipinski definition) is 5. The van der Waals surface area contributed by atoms with E-state index in [1.807, 2.05) is 66.1 Å². The van der Waals surface area contributed by atoms with E-state index in [2.05, 4.69) is 22.4 Å². The molecule has 1 amide bonds. The number of aromatic nitrogens is 3. The van der Waals surface area contributed by atoms with Gasteiger partial charge in [-0.2, -0.15) is 0 Å². The molecule has 1 fully saturated rings. The van der Waals surface area contributed by atoms with Crippen LogP contribution in [0, 0.1) is 12.8 Å². The van der Waals surface area contributed by atoms with Crippen molar-refractivity contribution in [2.75, 3.05) is 5.75 Å². The summed E-state index contributed by atoms with van der Waals surface area (Å²) >= 11 is 1.39. The maximum absolute atomic E-state index is 12.3. The molecule has 156 valence electrons. The Kier molecular flexibility index (Phi) is 6.38. The van der Waals surface area contributed by atoms with E-state index in [0.717, 1.165) is 17.0 Å². The number of aryl methyl sites for hydroxylation is 1. The molecule has 1 aliphatic rings.